The van der Waals surface area contributed by atoms with Gasteiger partial charge in [0, 0.05) is 12.1 Å². The summed E-state index contributed by atoms with van der Waals surface area (Å²) in [7, 11) is 0. The van der Waals surface area contributed by atoms with Crippen molar-refractivity contribution in [2.75, 3.05) is 13.3 Å². The minimum Gasteiger partial charge on any atom is -0.314 e. The quantitative estimate of drug-likeness (QED) is 0.862. The van der Waals surface area contributed by atoms with Crippen LogP contribution in [-0.2, 0) is 0 Å². The molecule has 3 saturated heterocycles. The van der Waals surface area contributed by atoms with Crippen LogP contribution in [-0.4, -0.2) is 69.4 Å². The summed E-state index contributed by atoms with van der Waals surface area (Å²) in [6.45, 7) is 5.54. The van der Waals surface area contributed by atoms with E-state index in [1.54, 1.807) is 0 Å². The van der Waals surface area contributed by atoms with Crippen LogP contribution < -0.4 is 5.32 Å². The summed E-state index contributed by atoms with van der Waals surface area (Å²) >= 11 is 0. The van der Waals surface area contributed by atoms with Gasteiger partial charge in [-0.15, -0.1) is 0 Å². The van der Waals surface area contributed by atoms with Gasteiger partial charge in [-0.2, -0.15) is 0 Å². The second-order valence-corrected chi connectivity index (χ2v) is 7.36. The normalized spacial score (nSPS) is 33.2. The highest BCUT2D eigenvalue weighted by Crippen LogP contribution is 2.37. The van der Waals surface area contributed by atoms with Crippen LogP contribution in [0, 0.1) is 0 Å². The summed E-state index contributed by atoms with van der Waals surface area (Å²) in [6.07, 6.45) is 6.47. The van der Waals surface area contributed by atoms with Crippen molar-refractivity contribution in [3.05, 3.63) is 0 Å². The number of carbonyl (C=O) groups is 2. The molecule has 0 spiro atoms. The first-order valence-electron chi connectivity index (χ1n) is 9.02. The van der Waals surface area contributed by atoms with E-state index >= 15 is 0 Å². The first-order valence-corrected chi connectivity index (χ1v) is 9.02. The smallest absolute Gasteiger partial charge is 0.314 e. The van der Waals surface area contributed by atoms with E-state index in [4.69, 9.17) is 0 Å². The van der Waals surface area contributed by atoms with Crippen molar-refractivity contribution in [1.29, 1.82) is 0 Å². The fourth-order valence-corrected chi connectivity index (χ4v) is 4.51. The number of hydrogen-bond donors (Lipinski definition) is 1. The number of urea groups is 2. The van der Waals surface area contributed by atoms with Crippen molar-refractivity contribution in [3.63, 3.8) is 0 Å². The molecule has 3 atom stereocenters. The number of nitrogens with zero attached hydrogens (tertiary/aromatic N) is 4. The molecule has 0 bridgehead atoms. The number of nitrogens with one attached hydrogen (secondary N) is 1. The molecular weight excluding hydrogens is 294 g/mol. The fourth-order valence-electron chi connectivity index (χ4n) is 4.51. The van der Waals surface area contributed by atoms with Crippen LogP contribution in [0.3, 0.4) is 0 Å². The monoisotopic (exact) mass is 321 g/mol. The lowest BCUT2D eigenvalue weighted by Gasteiger charge is -2.43. The van der Waals surface area contributed by atoms with E-state index in [9.17, 15) is 9.59 Å². The number of carbonyl (C=O) groups excluding carboxylic acids is 2. The molecule has 0 aromatic rings. The van der Waals surface area contributed by atoms with E-state index in [1.807, 2.05) is 14.7 Å². The van der Waals surface area contributed by atoms with Gasteiger partial charge in [0.25, 0.3) is 0 Å². The van der Waals surface area contributed by atoms with Crippen molar-refractivity contribution in [1.82, 2.24) is 24.9 Å². The third kappa shape index (κ3) is 2.20. The standard InChI is InChI=1S/C16H27N5O2/c1-3-11(2)18-9-19-14-13(17-15(19)22)21(16(23)20(14)10-18)12-7-5-4-6-8-12/h11-14H,3-10H2,1-2H3,(H,17,22). The van der Waals surface area contributed by atoms with E-state index in [0.29, 0.717) is 19.4 Å². The highest BCUT2D eigenvalue weighted by Gasteiger charge is 2.59. The summed E-state index contributed by atoms with van der Waals surface area (Å²) in [5.41, 5.74) is 0. The van der Waals surface area contributed by atoms with Crippen molar-refractivity contribution in [2.24, 2.45) is 0 Å². The van der Waals surface area contributed by atoms with Gasteiger partial charge in [-0.3, -0.25) is 19.6 Å². The predicted octanol–water partition coefficient (Wildman–Crippen LogP) is 1.76. The molecule has 0 radical (unpaired) electrons. The summed E-state index contributed by atoms with van der Waals surface area (Å²) in [5, 5.41) is 3.07. The molecule has 128 valence electrons. The molecule has 7 heteroatoms. The first kappa shape index (κ1) is 15.1. The maximum atomic E-state index is 13.0. The fraction of sp³-hybridized carbons (Fsp3) is 0.875. The Morgan fingerprint density at radius 2 is 1.83 bits per heavy atom. The van der Waals surface area contributed by atoms with Crippen molar-refractivity contribution >= 4 is 12.1 Å². The van der Waals surface area contributed by atoms with E-state index < -0.39 is 0 Å². The second kappa shape index (κ2) is 5.54. The molecule has 3 aliphatic heterocycles. The van der Waals surface area contributed by atoms with Crippen LogP contribution in [0.5, 0.6) is 0 Å². The van der Waals surface area contributed by atoms with Gasteiger partial charge in [-0.05, 0) is 26.2 Å². The molecule has 4 fully saturated rings. The molecule has 0 aromatic carbocycles. The van der Waals surface area contributed by atoms with Crippen LogP contribution in [0.25, 0.3) is 0 Å². The Hall–Kier alpha value is -1.50. The summed E-state index contributed by atoms with van der Waals surface area (Å²) in [4.78, 5) is 33.4. The van der Waals surface area contributed by atoms with Gasteiger partial charge in [-0.25, -0.2) is 9.59 Å². The molecule has 4 rings (SSSR count). The van der Waals surface area contributed by atoms with Gasteiger partial charge in [0.2, 0.25) is 0 Å². The zero-order valence-corrected chi connectivity index (χ0v) is 14.1. The largest absolute Gasteiger partial charge is 0.324 e. The predicted molar refractivity (Wildman–Crippen MR) is 85.2 cm³/mol. The molecule has 0 aromatic heterocycles. The van der Waals surface area contributed by atoms with Crippen LogP contribution in [0.1, 0.15) is 52.4 Å². The maximum Gasteiger partial charge on any atom is 0.324 e. The SMILES string of the molecule is CCC(C)N1CN2C(=O)NC3C2N(C1)C(=O)N3C1CCCCC1. The molecule has 1 saturated carbocycles. The van der Waals surface area contributed by atoms with Crippen LogP contribution in [0.4, 0.5) is 9.59 Å². The van der Waals surface area contributed by atoms with Gasteiger partial charge in [0.05, 0.1) is 13.3 Å². The van der Waals surface area contributed by atoms with E-state index in [-0.39, 0.29) is 30.4 Å². The zero-order valence-electron chi connectivity index (χ0n) is 14.1. The molecule has 4 aliphatic rings. The topological polar surface area (TPSA) is 59.1 Å². The molecule has 1 aliphatic carbocycles. The molecule has 1 N–H and O–H groups in total. The van der Waals surface area contributed by atoms with Crippen LogP contribution in [0.15, 0.2) is 0 Å². The molecule has 4 amide bonds. The van der Waals surface area contributed by atoms with Crippen molar-refractivity contribution < 1.29 is 9.59 Å². The van der Waals surface area contributed by atoms with Crippen molar-refractivity contribution in [2.45, 2.75) is 76.8 Å². The van der Waals surface area contributed by atoms with Gasteiger partial charge < -0.3 is 5.32 Å². The third-order valence-electron chi connectivity index (χ3n) is 6.07. The minimum atomic E-state index is -0.169. The lowest BCUT2D eigenvalue weighted by Crippen LogP contribution is -2.61. The Labute approximate surface area is 137 Å². The summed E-state index contributed by atoms with van der Waals surface area (Å²) < 4.78 is 0. The minimum absolute atomic E-state index is 0.0358. The zero-order chi connectivity index (χ0) is 16.1. The Balaban J connectivity index is 1.61. The Kier molecular flexibility index (Phi) is 3.63. The van der Waals surface area contributed by atoms with E-state index in [1.165, 1.54) is 19.3 Å². The Morgan fingerprint density at radius 3 is 2.52 bits per heavy atom. The first-order chi connectivity index (χ1) is 11.1. The summed E-state index contributed by atoms with van der Waals surface area (Å²) in [5.74, 6) is 0. The van der Waals surface area contributed by atoms with Crippen LogP contribution >= 0.6 is 0 Å². The van der Waals surface area contributed by atoms with Gasteiger partial charge in [-0.1, -0.05) is 26.2 Å². The van der Waals surface area contributed by atoms with E-state index in [2.05, 4.69) is 24.1 Å². The Bertz CT molecular complexity index is 507. The molecule has 3 heterocycles. The highest BCUT2D eigenvalue weighted by molar-refractivity contribution is 5.85. The van der Waals surface area contributed by atoms with Gasteiger partial charge in [0.1, 0.15) is 6.17 Å². The van der Waals surface area contributed by atoms with Crippen molar-refractivity contribution in [3.8, 4) is 0 Å². The average molecular weight is 321 g/mol. The van der Waals surface area contributed by atoms with Gasteiger partial charge >= 0.3 is 12.1 Å². The summed E-state index contributed by atoms with van der Waals surface area (Å²) in [6, 6.07) is 0.708. The molecule has 23 heavy (non-hydrogen) atoms. The number of rotatable bonds is 3. The molecular formula is C16H27N5O2. The maximum absolute atomic E-state index is 13.0. The van der Waals surface area contributed by atoms with E-state index in [0.717, 1.165) is 19.3 Å². The third-order valence-corrected chi connectivity index (χ3v) is 6.07. The second-order valence-electron chi connectivity index (χ2n) is 7.36. The molecule has 3 unspecified atom stereocenters. The van der Waals surface area contributed by atoms with Crippen LogP contribution in [0.2, 0.25) is 0 Å². The number of hydrogen-bond acceptors (Lipinski definition) is 3. The lowest BCUT2D eigenvalue weighted by molar-refractivity contribution is -0.0291. The number of amides is 4. The van der Waals surface area contributed by atoms with Gasteiger partial charge in [0.15, 0.2) is 6.17 Å². The highest BCUT2D eigenvalue weighted by atomic mass is 16.2. The molecule has 7 nitrogen and oxygen atoms in total. The average Bonchev–Trinajstić information content (AvgIpc) is 3.05. The Morgan fingerprint density at radius 1 is 1.13 bits per heavy atom. The lowest BCUT2D eigenvalue weighted by atomic mass is 9.94.